The van der Waals surface area contributed by atoms with Crippen LogP contribution in [-0.4, -0.2) is 35.5 Å². The maximum Gasteiger partial charge on any atom is 0.321 e. The molecule has 1 aromatic carbocycles. The number of urea groups is 1. The van der Waals surface area contributed by atoms with Crippen molar-refractivity contribution in [1.82, 2.24) is 4.90 Å². The largest absolute Gasteiger partial charge is 0.323 e. The van der Waals surface area contributed by atoms with Gasteiger partial charge in [0.05, 0.1) is 0 Å². The summed E-state index contributed by atoms with van der Waals surface area (Å²) < 4.78 is 12.9. The van der Waals surface area contributed by atoms with Crippen LogP contribution < -0.4 is 5.32 Å². The van der Waals surface area contributed by atoms with Gasteiger partial charge in [0, 0.05) is 30.3 Å². The minimum atomic E-state index is -0.341. The minimum absolute atomic E-state index is 0.147. The van der Waals surface area contributed by atoms with Crippen molar-refractivity contribution in [2.45, 2.75) is 0 Å². The molecule has 16 heavy (non-hydrogen) atoms. The van der Waals surface area contributed by atoms with Gasteiger partial charge in [0.25, 0.3) is 0 Å². The summed E-state index contributed by atoms with van der Waals surface area (Å²) in [4.78, 5) is 13.5. The Bertz CT molecular complexity index is 380. The smallest absolute Gasteiger partial charge is 0.321 e. The van der Waals surface area contributed by atoms with Crippen LogP contribution in [0.4, 0.5) is 14.9 Å². The van der Waals surface area contributed by atoms with Crippen molar-refractivity contribution in [2.75, 3.05) is 29.9 Å². The predicted octanol–water partition coefficient (Wildman–Crippen LogP) is 2.41. The summed E-state index contributed by atoms with van der Waals surface area (Å²) in [5, 5.41) is 2.69. The summed E-state index contributed by atoms with van der Waals surface area (Å²) in [5.74, 6) is 1.60. The van der Waals surface area contributed by atoms with Crippen molar-refractivity contribution >= 4 is 23.5 Å². The number of amides is 2. The van der Waals surface area contributed by atoms with Crippen LogP contribution in [0.5, 0.6) is 0 Å². The minimum Gasteiger partial charge on any atom is -0.323 e. The van der Waals surface area contributed by atoms with E-state index in [-0.39, 0.29) is 11.8 Å². The normalized spacial score (nSPS) is 15.9. The summed E-state index contributed by atoms with van der Waals surface area (Å²) in [6.07, 6.45) is 0. The molecule has 0 aliphatic carbocycles. The number of carbonyl (C=O) groups is 1. The topological polar surface area (TPSA) is 32.3 Å². The van der Waals surface area contributed by atoms with Crippen LogP contribution in [0, 0.1) is 5.82 Å². The molecule has 2 rings (SSSR count). The van der Waals surface area contributed by atoms with E-state index in [4.69, 9.17) is 0 Å². The van der Waals surface area contributed by atoms with Crippen LogP contribution in [0.25, 0.3) is 0 Å². The third kappa shape index (κ3) is 2.88. The third-order valence-electron chi connectivity index (χ3n) is 2.37. The molecule has 1 aliphatic heterocycles. The molecule has 2 amide bonds. The third-order valence-corrected chi connectivity index (χ3v) is 3.32. The molecule has 1 fully saturated rings. The maximum atomic E-state index is 12.9. The molecule has 0 spiro atoms. The molecular formula is C11H13FN2OS. The lowest BCUT2D eigenvalue weighted by atomic mass is 10.3. The quantitative estimate of drug-likeness (QED) is 0.817. The van der Waals surface area contributed by atoms with Gasteiger partial charge < -0.3 is 10.2 Å². The summed E-state index contributed by atoms with van der Waals surface area (Å²) in [7, 11) is 0. The molecular weight excluding hydrogens is 227 g/mol. The average Bonchev–Trinajstić information content (AvgIpc) is 2.30. The van der Waals surface area contributed by atoms with Gasteiger partial charge in [0.1, 0.15) is 5.82 Å². The zero-order valence-corrected chi connectivity index (χ0v) is 9.60. The first-order chi connectivity index (χ1) is 7.75. The monoisotopic (exact) mass is 240 g/mol. The highest BCUT2D eigenvalue weighted by Crippen LogP contribution is 2.13. The lowest BCUT2D eigenvalue weighted by Crippen LogP contribution is -2.40. The highest BCUT2D eigenvalue weighted by atomic mass is 32.2. The van der Waals surface area contributed by atoms with Crippen LogP contribution in [0.2, 0.25) is 0 Å². The second-order valence-electron chi connectivity index (χ2n) is 3.54. The fourth-order valence-electron chi connectivity index (χ4n) is 1.54. The molecule has 0 atom stereocenters. The molecule has 1 saturated heterocycles. The van der Waals surface area contributed by atoms with E-state index in [0.717, 1.165) is 24.6 Å². The lowest BCUT2D eigenvalue weighted by Gasteiger charge is -2.26. The molecule has 1 aromatic rings. The molecule has 0 radical (unpaired) electrons. The number of thioether (sulfide) groups is 1. The van der Waals surface area contributed by atoms with E-state index in [2.05, 4.69) is 5.32 Å². The standard InChI is InChI=1S/C11H13FN2OS/c12-9-2-1-3-10(8-9)13-11(15)14-4-6-16-7-5-14/h1-3,8H,4-7H2,(H,13,15). The highest BCUT2D eigenvalue weighted by Gasteiger charge is 2.16. The van der Waals surface area contributed by atoms with Gasteiger partial charge in [-0.1, -0.05) is 6.07 Å². The van der Waals surface area contributed by atoms with Crippen LogP contribution in [-0.2, 0) is 0 Å². The Kier molecular flexibility index (Phi) is 3.66. The number of hydrogen-bond donors (Lipinski definition) is 1. The van der Waals surface area contributed by atoms with E-state index in [1.165, 1.54) is 12.1 Å². The number of rotatable bonds is 1. The fourth-order valence-corrected chi connectivity index (χ4v) is 2.44. The van der Waals surface area contributed by atoms with E-state index < -0.39 is 0 Å². The number of hydrogen-bond acceptors (Lipinski definition) is 2. The van der Waals surface area contributed by atoms with Gasteiger partial charge in [-0.2, -0.15) is 11.8 Å². The fraction of sp³-hybridized carbons (Fsp3) is 0.364. The average molecular weight is 240 g/mol. The molecule has 3 nitrogen and oxygen atoms in total. The van der Waals surface area contributed by atoms with Crippen molar-refractivity contribution in [3.05, 3.63) is 30.1 Å². The number of halogens is 1. The number of nitrogens with one attached hydrogen (secondary N) is 1. The van der Waals surface area contributed by atoms with Crippen LogP contribution in [0.3, 0.4) is 0 Å². The highest BCUT2D eigenvalue weighted by molar-refractivity contribution is 7.99. The Hall–Kier alpha value is -1.23. The SMILES string of the molecule is O=C(Nc1cccc(F)c1)N1CCSCC1. The van der Waals surface area contributed by atoms with Gasteiger partial charge in [-0.3, -0.25) is 0 Å². The number of benzene rings is 1. The van der Waals surface area contributed by atoms with E-state index in [1.54, 1.807) is 17.0 Å². The van der Waals surface area contributed by atoms with Gasteiger partial charge in [-0.05, 0) is 18.2 Å². The molecule has 1 N–H and O–H groups in total. The Morgan fingerprint density at radius 2 is 2.12 bits per heavy atom. The first-order valence-corrected chi connectivity index (χ1v) is 6.30. The van der Waals surface area contributed by atoms with Gasteiger partial charge in [0.2, 0.25) is 0 Å². The van der Waals surface area contributed by atoms with Crippen molar-refractivity contribution in [2.24, 2.45) is 0 Å². The van der Waals surface area contributed by atoms with E-state index in [0.29, 0.717) is 5.69 Å². The van der Waals surface area contributed by atoms with Crippen molar-refractivity contribution in [3.8, 4) is 0 Å². The summed E-state index contributed by atoms with van der Waals surface area (Å²) >= 11 is 1.84. The van der Waals surface area contributed by atoms with Crippen LogP contribution in [0.15, 0.2) is 24.3 Å². The first kappa shape index (κ1) is 11.3. The van der Waals surface area contributed by atoms with E-state index in [9.17, 15) is 9.18 Å². The molecule has 5 heteroatoms. The number of carbonyl (C=O) groups excluding carboxylic acids is 1. The zero-order chi connectivity index (χ0) is 11.4. The molecule has 0 aromatic heterocycles. The van der Waals surface area contributed by atoms with Gasteiger partial charge in [-0.25, -0.2) is 9.18 Å². The molecule has 86 valence electrons. The zero-order valence-electron chi connectivity index (χ0n) is 8.78. The second-order valence-corrected chi connectivity index (χ2v) is 4.76. The first-order valence-electron chi connectivity index (χ1n) is 5.15. The van der Waals surface area contributed by atoms with Gasteiger partial charge >= 0.3 is 6.03 Å². The summed E-state index contributed by atoms with van der Waals surface area (Å²) in [6, 6.07) is 5.78. The molecule has 1 aliphatic rings. The van der Waals surface area contributed by atoms with Gasteiger partial charge in [0.15, 0.2) is 0 Å². The molecule has 1 heterocycles. The van der Waals surface area contributed by atoms with Crippen LogP contribution >= 0.6 is 11.8 Å². The number of anilines is 1. The molecule has 0 unspecified atom stereocenters. The summed E-state index contributed by atoms with van der Waals surface area (Å²) in [6.45, 7) is 1.51. The lowest BCUT2D eigenvalue weighted by molar-refractivity contribution is 0.217. The second kappa shape index (κ2) is 5.21. The number of nitrogens with zero attached hydrogens (tertiary/aromatic N) is 1. The van der Waals surface area contributed by atoms with Crippen molar-refractivity contribution in [1.29, 1.82) is 0 Å². The van der Waals surface area contributed by atoms with Crippen molar-refractivity contribution in [3.63, 3.8) is 0 Å². The van der Waals surface area contributed by atoms with Crippen molar-refractivity contribution < 1.29 is 9.18 Å². The molecule has 0 saturated carbocycles. The van der Waals surface area contributed by atoms with E-state index >= 15 is 0 Å². The Labute approximate surface area is 98.0 Å². The summed E-state index contributed by atoms with van der Waals surface area (Å²) in [5.41, 5.74) is 0.503. The predicted molar refractivity (Wildman–Crippen MR) is 64.3 cm³/mol. The van der Waals surface area contributed by atoms with Gasteiger partial charge in [-0.15, -0.1) is 0 Å². The molecule has 0 bridgehead atoms. The Balaban J connectivity index is 1.96. The van der Waals surface area contributed by atoms with Crippen LogP contribution in [0.1, 0.15) is 0 Å². The Morgan fingerprint density at radius 3 is 2.81 bits per heavy atom. The maximum absolute atomic E-state index is 12.9. The Morgan fingerprint density at radius 1 is 1.38 bits per heavy atom. The van der Waals surface area contributed by atoms with E-state index in [1.807, 2.05) is 11.8 Å².